The third-order valence-corrected chi connectivity index (χ3v) is 9.03. The number of likely N-dealkylation sites (tertiary alicyclic amines) is 1. The van der Waals surface area contributed by atoms with Crippen LogP contribution in [0.25, 0.3) is 0 Å². The normalized spacial score (nSPS) is 28.5. The summed E-state index contributed by atoms with van der Waals surface area (Å²) in [6, 6.07) is 10.1. The van der Waals surface area contributed by atoms with E-state index in [0.29, 0.717) is 18.9 Å². The molecule has 2 unspecified atom stereocenters. The van der Waals surface area contributed by atoms with E-state index < -0.39 is 5.60 Å². The molecule has 3 fully saturated rings. The molecule has 7 nitrogen and oxygen atoms in total. The van der Waals surface area contributed by atoms with Crippen LogP contribution in [-0.2, 0) is 9.59 Å². The average molecular weight is 535 g/mol. The fourth-order valence-corrected chi connectivity index (χ4v) is 6.93. The standard InChI is InChI=1S/C32H46N4O3/c1-24(18-25-10-6-4-7-11-25)30(38)36-16-14-32(39,20-28(36)34-17-15-33-31(2,3)22-34)23-35-21-27(19-29(35)37)26-12-8-5-9-13-26/h5,8-9,12-14,16,20,24-25,27,33,39H,4,6-7,10-11,15,17-19,21-23H2,1-3H3/t24?,27-,32?/m1/s1. The second-order valence-corrected chi connectivity index (χ2v) is 13.0. The summed E-state index contributed by atoms with van der Waals surface area (Å²) in [5, 5.41) is 15.3. The third-order valence-electron chi connectivity index (χ3n) is 9.03. The van der Waals surface area contributed by atoms with Crippen LogP contribution in [-0.4, -0.2) is 75.5 Å². The van der Waals surface area contributed by atoms with Crippen molar-refractivity contribution in [2.24, 2.45) is 11.8 Å². The van der Waals surface area contributed by atoms with Gasteiger partial charge in [-0.1, -0.05) is 69.4 Å². The Hall–Kier alpha value is -2.64. The van der Waals surface area contributed by atoms with Crippen LogP contribution in [0.5, 0.6) is 0 Å². The fourth-order valence-electron chi connectivity index (χ4n) is 6.93. The molecule has 3 atom stereocenters. The van der Waals surface area contributed by atoms with Crippen molar-refractivity contribution in [2.45, 2.75) is 82.8 Å². The molecule has 2 N–H and O–H groups in total. The van der Waals surface area contributed by atoms with Crippen molar-refractivity contribution in [3.05, 3.63) is 60.1 Å². The van der Waals surface area contributed by atoms with Crippen LogP contribution in [0.3, 0.4) is 0 Å². The largest absolute Gasteiger partial charge is 0.380 e. The number of rotatable bonds is 7. The van der Waals surface area contributed by atoms with E-state index >= 15 is 0 Å². The van der Waals surface area contributed by atoms with E-state index in [1.165, 1.54) is 32.1 Å². The number of aliphatic hydroxyl groups is 1. The summed E-state index contributed by atoms with van der Waals surface area (Å²) in [5.74, 6) is 1.54. The molecule has 39 heavy (non-hydrogen) atoms. The maximum Gasteiger partial charge on any atom is 0.235 e. The molecule has 1 aromatic carbocycles. The van der Waals surface area contributed by atoms with Crippen LogP contribution in [0.15, 0.2) is 54.5 Å². The molecule has 212 valence electrons. The second-order valence-electron chi connectivity index (χ2n) is 13.0. The number of piperazine rings is 1. The maximum atomic E-state index is 13.8. The number of benzene rings is 1. The Balaban J connectivity index is 1.35. The highest BCUT2D eigenvalue weighted by Crippen LogP contribution is 2.34. The molecule has 4 aliphatic rings. The minimum atomic E-state index is -1.34. The Kier molecular flexibility index (Phi) is 8.20. The molecule has 7 heteroatoms. The first-order chi connectivity index (χ1) is 18.6. The zero-order chi connectivity index (χ0) is 27.6. The van der Waals surface area contributed by atoms with Crippen LogP contribution in [0.4, 0.5) is 0 Å². The van der Waals surface area contributed by atoms with E-state index in [1.54, 1.807) is 22.1 Å². The molecule has 1 aromatic rings. The van der Waals surface area contributed by atoms with Gasteiger partial charge in [0.15, 0.2) is 0 Å². The number of carbonyl (C=O) groups excluding carboxylic acids is 2. The van der Waals surface area contributed by atoms with Crippen LogP contribution in [0, 0.1) is 11.8 Å². The molecule has 0 bridgehead atoms. The number of hydrogen-bond acceptors (Lipinski definition) is 5. The molecule has 5 rings (SSSR count). The number of carbonyl (C=O) groups is 2. The summed E-state index contributed by atoms with van der Waals surface area (Å²) in [6.07, 6.45) is 12.9. The summed E-state index contributed by atoms with van der Waals surface area (Å²) in [5.41, 5.74) is -0.300. The zero-order valence-electron chi connectivity index (χ0n) is 23.9. The lowest BCUT2D eigenvalue weighted by Crippen LogP contribution is -2.59. The molecule has 1 aliphatic carbocycles. The third kappa shape index (κ3) is 6.58. The molecule has 2 amide bonds. The lowest BCUT2D eigenvalue weighted by Gasteiger charge is -2.46. The predicted octanol–water partition coefficient (Wildman–Crippen LogP) is 4.22. The van der Waals surface area contributed by atoms with Gasteiger partial charge in [-0.25, -0.2) is 0 Å². The molecule has 0 aromatic heterocycles. The van der Waals surface area contributed by atoms with Crippen LogP contribution >= 0.6 is 0 Å². The van der Waals surface area contributed by atoms with E-state index in [1.807, 2.05) is 24.3 Å². The van der Waals surface area contributed by atoms with Gasteiger partial charge >= 0.3 is 0 Å². The number of β-amino-alcohol motifs (C(OH)–C–C–N with tert-alkyl or cyclic N) is 1. The van der Waals surface area contributed by atoms with Crippen LogP contribution in [0.1, 0.15) is 77.2 Å². The monoisotopic (exact) mass is 534 g/mol. The molecule has 1 saturated carbocycles. The highest BCUT2D eigenvalue weighted by atomic mass is 16.3. The minimum Gasteiger partial charge on any atom is -0.380 e. The summed E-state index contributed by atoms with van der Waals surface area (Å²) >= 11 is 0. The minimum absolute atomic E-state index is 0.0588. The number of nitrogens with one attached hydrogen (secondary N) is 1. The van der Waals surface area contributed by atoms with Gasteiger partial charge in [0.25, 0.3) is 0 Å². The van der Waals surface area contributed by atoms with E-state index in [2.05, 4.69) is 43.1 Å². The number of hydrogen-bond donors (Lipinski definition) is 2. The van der Waals surface area contributed by atoms with Crippen molar-refractivity contribution in [1.29, 1.82) is 0 Å². The van der Waals surface area contributed by atoms with Gasteiger partial charge in [0.1, 0.15) is 11.4 Å². The topological polar surface area (TPSA) is 76.1 Å². The second kappa shape index (κ2) is 11.5. The van der Waals surface area contributed by atoms with Gasteiger partial charge in [-0.3, -0.25) is 14.5 Å². The van der Waals surface area contributed by atoms with Crippen molar-refractivity contribution < 1.29 is 14.7 Å². The number of amides is 2. The van der Waals surface area contributed by atoms with Gasteiger partial charge < -0.3 is 20.2 Å². The highest BCUT2D eigenvalue weighted by Gasteiger charge is 2.40. The molecular formula is C32H46N4O3. The lowest BCUT2D eigenvalue weighted by molar-refractivity contribution is -0.133. The molecular weight excluding hydrogens is 488 g/mol. The summed E-state index contributed by atoms with van der Waals surface area (Å²) in [7, 11) is 0. The van der Waals surface area contributed by atoms with Gasteiger partial charge in [0.2, 0.25) is 11.8 Å². The summed E-state index contributed by atoms with van der Waals surface area (Å²) in [6.45, 7) is 9.42. The van der Waals surface area contributed by atoms with E-state index in [4.69, 9.17) is 0 Å². The van der Waals surface area contributed by atoms with Crippen molar-refractivity contribution in [3.63, 3.8) is 0 Å². The Labute approximate surface area is 233 Å². The zero-order valence-corrected chi connectivity index (χ0v) is 23.9. The molecule has 3 aliphatic heterocycles. The van der Waals surface area contributed by atoms with E-state index in [-0.39, 0.29) is 35.7 Å². The smallest absolute Gasteiger partial charge is 0.235 e. The van der Waals surface area contributed by atoms with Gasteiger partial charge in [0, 0.05) is 56.2 Å². The van der Waals surface area contributed by atoms with Crippen molar-refractivity contribution in [1.82, 2.24) is 20.0 Å². The number of nitrogens with zero attached hydrogens (tertiary/aromatic N) is 3. The fraction of sp³-hybridized carbons (Fsp3) is 0.625. The first kappa shape index (κ1) is 27.9. The first-order valence-corrected chi connectivity index (χ1v) is 14.9. The van der Waals surface area contributed by atoms with Gasteiger partial charge in [-0.15, -0.1) is 0 Å². The van der Waals surface area contributed by atoms with Crippen LogP contribution < -0.4 is 5.32 Å². The van der Waals surface area contributed by atoms with Crippen molar-refractivity contribution in [2.75, 3.05) is 32.7 Å². The lowest BCUT2D eigenvalue weighted by atomic mass is 9.83. The Morgan fingerprint density at radius 3 is 2.62 bits per heavy atom. The Morgan fingerprint density at radius 2 is 1.90 bits per heavy atom. The Morgan fingerprint density at radius 1 is 1.15 bits per heavy atom. The molecule has 3 heterocycles. The van der Waals surface area contributed by atoms with Crippen LogP contribution in [0.2, 0.25) is 0 Å². The van der Waals surface area contributed by atoms with Crippen molar-refractivity contribution >= 4 is 11.8 Å². The molecule has 2 saturated heterocycles. The van der Waals surface area contributed by atoms with E-state index in [9.17, 15) is 14.7 Å². The highest BCUT2D eigenvalue weighted by molar-refractivity contribution is 5.82. The predicted molar refractivity (Wildman–Crippen MR) is 153 cm³/mol. The molecule has 0 spiro atoms. The SMILES string of the molecule is CC(CC1CCCCC1)C(=O)N1C=CC(O)(CN2C[C@H](c3ccccc3)CC2=O)C=C1N1CCNC(C)(C)C1. The maximum absolute atomic E-state index is 13.8. The van der Waals surface area contributed by atoms with Gasteiger partial charge in [-0.2, -0.15) is 0 Å². The van der Waals surface area contributed by atoms with Gasteiger partial charge in [-0.05, 0) is 43.9 Å². The quantitative estimate of drug-likeness (QED) is 0.548. The summed E-state index contributed by atoms with van der Waals surface area (Å²) < 4.78 is 0. The van der Waals surface area contributed by atoms with E-state index in [0.717, 1.165) is 37.4 Å². The Bertz CT molecular complexity index is 1090. The summed E-state index contributed by atoms with van der Waals surface area (Å²) in [4.78, 5) is 32.6. The first-order valence-electron chi connectivity index (χ1n) is 14.9. The average Bonchev–Trinajstić information content (AvgIpc) is 3.28. The van der Waals surface area contributed by atoms with Gasteiger partial charge in [0.05, 0.1) is 6.54 Å². The molecule has 0 radical (unpaired) electrons. The van der Waals surface area contributed by atoms with Crippen molar-refractivity contribution in [3.8, 4) is 0 Å².